The molecule has 1 fully saturated rings. The van der Waals surface area contributed by atoms with E-state index in [-0.39, 0.29) is 6.01 Å². The van der Waals surface area contributed by atoms with E-state index < -0.39 is 0 Å². The molecule has 0 spiro atoms. The van der Waals surface area contributed by atoms with Gasteiger partial charge in [0.2, 0.25) is 11.9 Å². The van der Waals surface area contributed by atoms with Crippen LogP contribution in [0.15, 0.2) is 0 Å². The van der Waals surface area contributed by atoms with Gasteiger partial charge in [-0.15, -0.1) is 0 Å². The molecule has 1 aromatic heterocycles. The third-order valence-electron chi connectivity index (χ3n) is 2.21. The Balaban J connectivity index is 2.24. The first kappa shape index (κ1) is 11.2. The Kier molecular flexibility index (Phi) is 3.62. The zero-order valence-electron chi connectivity index (χ0n) is 9.01. The first-order valence-electron chi connectivity index (χ1n) is 4.93. The predicted octanol–water partition coefficient (Wildman–Crippen LogP) is -0.281. The Morgan fingerprint density at radius 3 is 2.69 bits per heavy atom. The number of anilines is 2. The van der Waals surface area contributed by atoms with Crippen LogP contribution in [0.25, 0.3) is 0 Å². The Bertz CT molecular complexity index is 334. The van der Waals surface area contributed by atoms with Gasteiger partial charge < -0.3 is 9.64 Å². The van der Waals surface area contributed by atoms with Gasteiger partial charge in [-0.1, -0.05) is 0 Å². The molecular formula is C8H14N6OS. The number of rotatable bonds is 3. The number of hydrogen-bond acceptors (Lipinski definition) is 8. The van der Waals surface area contributed by atoms with Gasteiger partial charge in [0.1, 0.15) is 0 Å². The predicted molar refractivity (Wildman–Crippen MR) is 63.7 cm³/mol. The largest absolute Gasteiger partial charge is 0.467 e. The van der Waals surface area contributed by atoms with Crippen molar-refractivity contribution in [3.8, 4) is 6.01 Å². The van der Waals surface area contributed by atoms with Gasteiger partial charge in [0.25, 0.3) is 0 Å². The summed E-state index contributed by atoms with van der Waals surface area (Å²) in [4.78, 5) is 14.5. The highest BCUT2D eigenvalue weighted by molar-refractivity contribution is 7.99. The lowest BCUT2D eigenvalue weighted by molar-refractivity contribution is 0.378. The Hall–Kier alpha value is -1.28. The van der Waals surface area contributed by atoms with E-state index in [0.29, 0.717) is 11.9 Å². The molecule has 2 rings (SSSR count). The fourth-order valence-corrected chi connectivity index (χ4v) is 2.31. The van der Waals surface area contributed by atoms with Crippen molar-refractivity contribution < 1.29 is 4.74 Å². The molecule has 3 N–H and O–H groups in total. The molecule has 2 heterocycles. The molecule has 16 heavy (non-hydrogen) atoms. The van der Waals surface area contributed by atoms with E-state index in [1.807, 2.05) is 11.8 Å². The van der Waals surface area contributed by atoms with Crippen LogP contribution < -0.4 is 20.9 Å². The lowest BCUT2D eigenvalue weighted by Gasteiger charge is -2.26. The fourth-order valence-electron chi connectivity index (χ4n) is 1.41. The number of aromatic nitrogens is 3. The number of nitrogens with zero attached hydrogens (tertiary/aromatic N) is 4. The van der Waals surface area contributed by atoms with Gasteiger partial charge in [0.05, 0.1) is 7.11 Å². The van der Waals surface area contributed by atoms with Crippen molar-refractivity contribution in [3.05, 3.63) is 0 Å². The monoisotopic (exact) mass is 242 g/mol. The summed E-state index contributed by atoms with van der Waals surface area (Å²) in [5.74, 6) is 8.39. The molecule has 0 unspecified atom stereocenters. The number of hydrogen-bond donors (Lipinski definition) is 2. The van der Waals surface area contributed by atoms with Crippen LogP contribution in [0.1, 0.15) is 0 Å². The summed E-state index contributed by atoms with van der Waals surface area (Å²) in [6.45, 7) is 1.86. The highest BCUT2D eigenvalue weighted by Crippen LogP contribution is 2.18. The second-order valence-electron chi connectivity index (χ2n) is 3.19. The van der Waals surface area contributed by atoms with Gasteiger partial charge in [-0.25, -0.2) is 5.84 Å². The Morgan fingerprint density at radius 1 is 1.31 bits per heavy atom. The molecule has 1 aliphatic rings. The quantitative estimate of drug-likeness (QED) is 0.552. The zero-order chi connectivity index (χ0) is 11.4. The molecule has 7 nitrogen and oxygen atoms in total. The first-order valence-corrected chi connectivity index (χ1v) is 6.08. The summed E-state index contributed by atoms with van der Waals surface area (Å²) in [7, 11) is 1.52. The molecule has 1 saturated heterocycles. The SMILES string of the molecule is COc1nc(NN)nc(N2CCSCC2)n1. The average molecular weight is 242 g/mol. The van der Waals surface area contributed by atoms with Crippen LogP contribution in [-0.2, 0) is 0 Å². The minimum absolute atomic E-state index is 0.274. The molecule has 0 aliphatic carbocycles. The van der Waals surface area contributed by atoms with Crippen LogP contribution in [0, 0.1) is 0 Å². The Morgan fingerprint density at radius 2 is 2.06 bits per heavy atom. The van der Waals surface area contributed by atoms with Crippen molar-refractivity contribution in [3.63, 3.8) is 0 Å². The van der Waals surface area contributed by atoms with E-state index in [4.69, 9.17) is 10.6 Å². The molecular weight excluding hydrogens is 228 g/mol. The third kappa shape index (κ3) is 2.45. The molecule has 1 aliphatic heterocycles. The zero-order valence-corrected chi connectivity index (χ0v) is 9.83. The number of thioether (sulfide) groups is 1. The van der Waals surface area contributed by atoms with Gasteiger partial charge in [-0.2, -0.15) is 26.7 Å². The van der Waals surface area contributed by atoms with E-state index in [0.717, 1.165) is 24.6 Å². The maximum absolute atomic E-state index is 5.29. The molecule has 0 radical (unpaired) electrons. The summed E-state index contributed by atoms with van der Waals surface area (Å²) in [5.41, 5.74) is 2.41. The smallest absolute Gasteiger partial charge is 0.322 e. The maximum atomic E-state index is 5.29. The van der Waals surface area contributed by atoms with Crippen molar-refractivity contribution in [1.82, 2.24) is 15.0 Å². The van der Waals surface area contributed by atoms with Crippen molar-refractivity contribution in [2.24, 2.45) is 5.84 Å². The normalized spacial score (nSPS) is 16.0. The standard InChI is InChI=1S/C8H14N6OS/c1-15-8-11-6(13-9)10-7(12-8)14-2-4-16-5-3-14/h2-5,9H2,1H3,(H,10,11,12,13). The van der Waals surface area contributed by atoms with Crippen LogP contribution >= 0.6 is 11.8 Å². The summed E-state index contributed by atoms with van der Waals surface area (Å²) in [6.07, 6.45) is 0. The van der Waals surface area contributed by atoms with Crippen molar-refractivity contribution in [2.45, 2.75) is 0 Å². The van der Waals surface area contributed by atoms with E-state index in [2.05, 4.69) is 25.3 Å². The number of methoxy groups -OCH3 is 1. The lowest BCUT2D eigenvalue weighted by Crippen LogP contribution is -2.34. The van der Waals surface area contributed by atoms with Gasteiger partial charge in [0.15, 0.2) is 0 Å². The number of hydrazine groups is 1. The van der Waals surface area contributed by atoms with E-state index in [1.165, 1.54) is 7.11 Å². The molecule has 0 bridgehead atoms. The number of ether oxygens (including phenoxy) is 1. The van der Waals surface area contributed by atoms with Crippen molar-refractivity contribution in [2.75, 3.05) is 42.0 Å². The van der Waals surface area contributed by atoms with Crippen LogP contribution in [0.5, 0.6) is 6.01 Å². The molecule has 88 valence electrons. The van der Waals surface area contributed by atoms with Crippen LogP contribution in [0.2, 0.25) is 0 Å². The van der Waals surface area contributed by atoms with Gasteiger partial charge in [-0.3, -0.25) is 5.43 Å². The molecule has 8 heteroatoms. The fraction of sp³-hybridized carbons (Fsp3) is 0.625. The molecule has 0 amide bonds. The minimum atomic E-state index is 0.274. The van der Waals surface area contributed by atoms with Gasteiger partial charge in [-0.05, 0) is 0 Å². The summed E-state index contributed by atoms with van der Waals surface area (Å²) < 4.78 is 5.00. The van der Waals surface area contributed by atoms with Crippen molar-refractivity contribution in [1.29, 1.82) is 0 Å². The van der Waals surface area contributed by atoms with E-state index >= 15 is 0 Å². The molecule has 0 aromatic carbocycles. The summed E-state index contributed by atoms with van der Waals surface area (Å²) in [6, 6.07) is 0.274. The molecule has 1 aromatic rings. The van der Waals surface area contributed by atoms with Crippen LogP contribution in [0.4, 0.5) is 11.9 Å². The average Bonchev–Trinajstić information content (AvgIpc) is 2.39. The summed E-state index contributed by atoms with van der Waals surface area (Å²) in [5, 5.41) is 0. The second kappa shape index (κ2) is 5.17. The minimum Gasteiger partial charge on any atom is -0.467 e. The third-order valence-corrected chi connectivity index (χ3v) is 3.15. The van der Waals surface area contributed by atoms with E-state index in [1.54, 1.807) is 0 Å². The first-order chi connectivity index (χ1) is 7.83. The number of nitrogens with two attached hydrogens (primary N) is 1. The van der Waals surface area contributed by atoms with Gasteiger partial charge >= 0.3 is 6.01 Å². The topological polar surface area (TPSA) is 89.2 Å². The Labute approximate surface area is 97.8 Å². The van der Waals surface area contributed by atoms with Crippen LogP contribution in [-0.4, -0.2) is 46.7 Å². The maximum Gasteiger partial charge on any atom is 0.322 e. The summed E-state index contributed by atoms with van der Waals surface area (Å²) >= 11 is 1.93. The van der Waals surface area contributed by atoms with E-state index in [9.17, 15) is 0 Å². The van der Waals surface area contributed by atoms with Crippen molar-refractivity contribution >= 4 is 23.7 Å². The van der Waals surface area contributed by atoms with Gasteiger partial charge in [0, 0.05) is 24.6 Å². The highest BCUT2D eigenvalue weighted by atomic mass is 32.2. The highest BCUT2D eigenvalue weighted by Gasteiger charge is 2.16. The van der Waals surface area contributed by atoms with Crippen LogP contribution in [0.3, 0.4) is 0 Å². The second-order valence-corrected chi connectivity index (χ2v) is 4.41. The number of nitrogen functional groups attached to an aromatic ring is 1. The lowest BCUT2D eigenvalue weighted by atomic mass is 10.5. The molecule has 0 atom stereocenters. The number of nitrogens with one attached hydrogen (secondary N) is 1. The molecule has 0 saturated carbocycles.